The van der Waals surface area contributed by atoms with Crippen molar-refractivity contribution in [1.29, 1.82) is 0 Å². The summed E-state index contributed by atoms with van der Waals surface area (Å²) in [6.07, 6.45) is 6.98. The summed E-state index contributed by atoms with van der Waals surface area (Å²) in [7, 11) is 0. The molecule has 2 heteroatoms. The minimum Gasteiger partial charge on any atom is -0.508 e. The smallest absolute Gasteiger partial charge is 0.150 e. The average molecular weight is 280 g/mol. The third kappa shape index (κ3) is 2.99. The van der Waals surface area contributed by atoms with E-state index in [1.54, 1.807) is 12.1 Å². The number of benzene rings is 2. The van der Waals surface area contributed by atoms with Crippen LogP contribution < -0.4 is 0 Å². The first-order valence-electron chi connectivity index (χ1n) is 7.66. The molecule has 1 aliphatic rings. The molecule has 0 amide bonds. The highest BCUT2D eigenvalue weighted by molar-refractivity contribution is 5.79. The molecule has 3 rings (SSSR count). The number of hydrogen-bond acceptors (Lipinski definition) is 2. The summed E-state index contributed by atoms with van der Waals surface area (Å²) in [6, 6.07) is 13.4. The van der Waals surface area contributed by atoms with Gasteiger partial charge in [0, 0.05) is 5.56 Å². The minimum absolute atomic E-state index is 0.400. The molecule has 1 aliphatic carbocycles. The van der Waals surface area contributed by atoms with Crippen molar-refractivity contribution >= 4 is 6.29 Å². The number of rotatable bonds is 3. The first-order chi connectivity index (χ1) is 10.3. The molecule has 2 aromatic rings. The van der Waals surface area contributed by atoms with E-state index in [4.69, 9.17) is 0 Å². The summed E-state index contributed by atoms with van der Waals surface area (Å²) in [6.45, 7) is 0. The van der Waals surface area contributed by atoms with Crippen molar-refractivity contribution in [2.24, 2.45) is 0 Å². The number of carbonyl (C=O) groups excluding carboxylic acids is 1. The molecular weight excluding hydrogens is 260 g/mol. The van der Waals surface area contributed by atoms with Gasteiger partial charge in [-0.1, -0.05) is 43.5 Å². The normalized spacial score (nSPS) is 15.8. The van der Waals surface area contributed by atoms with E-state index in [0.29, 0.717) is 17.2 Å². The Morgan fingerprint density at radius 2 is 1.71 bits per heavy atom. The quantitative estimate of drug-likeness (QED) is 0.810. The van der Waals surface area contributed by atoms with Crippen LogP contribution in [0.2, 0.25) is 0 Å². The first-order valence-corrected chi connectivity index (χ1v) is 7.66. The van der Waals surface area contributed by atoms with Gasteiger partial charge in [0.05, 0.1) is 0 Å². The lowest BCUT2D eigenvalue weighted by Gasteiger charge is -2.23. The molecule has 0 heterocycles. The lowest BCUT2D eigenvalue weighted by atomic mass is 9.82. The van der Waals surface area contributed by atoms with Gasteiger partial charge in [-0.05, 0) is 53.6 Å². The van der Waals surface area contributed by atoms with Crippen molar-refractivity contribution in [3.05, 3.63) is 53.6 Å². The van der Waals surface area contributed by atoms with E-state index in [0.717, 1.165) is 35.8 Å². The van der Waals surface area contributed by atoms with Gasteiger partial charge in [-0.15, -0.1) is 0 Å². The molecule has 108 valence electrons. The van der Waals surface area contributed by atoms with Gasteiger partial charge in [-0.3, -0.25) is 4.79 Å². The predicted molar refractivity (Wildman–Crippen MR) is 84.8 cm³/mol. The molecule has 0 aromatic heterocycles. The Bertz CT molecular complexity index is 640. The summed E-state index contributed by atoms with van der Waals surface area (Å²) in [5.41, 5.74) is 3.83. The zero-order valence-corrected chi connectivity index (χ0v) is 12.1. The van der Waals surface area contributed by atoms with E-state index in [1.807, 2.05) is 24.3 Å². The Morgan fingerprint density at radius 1 is 0.952 bits per heavy atom. The van der Waals surface area contributed by atoms with E-state index < -0.39 is 0 Å². The van der Waals surface area contributed by atoms with Crippen molar-refractivity contribution in [2.75, 3.05) is 0 Å². The highest BCUT2D eigenvalue weighted by atomic mass is 16.3. The molecule has 21 heavy (non-hydrogen) atoms. The lowest BCUT2D eigenvalue weighted by Crippen LogP contribution is -2.04. The summed E-state index contributed by atoms with van der Waals surface area (Å²) in [5.74, 6) is 0.866. The Morgan fingerprint density at radius 3 is 2.48 bits per heavy atom. The van der Waals surface area contributed by atoms with Crippen molar-refractivity contribution in [2.45, 2.75) is 38.0 Å². The van der Waals surface area contributed by atoms with Gasteiger partial charge < -0.3 is 5.11 Å². The predicted octanol–water partition coefficient (Wildman–Crippen LogP) is 4.92. The zero-order valence-electron chi connectivity index (χ0n) is 12.1. The molecule has 1 N–H and O–H groups in total. The number of carbonyl (C=O) groups is 1. The van der Waals surface area contributed by atoms with Crippen molar-refractivity contribution < 1.29 is 9.90 Å². The molecule has 0 aliphatic heterocycles. The van der Waals surface area contributed by atoms with Crippen LogP contribution in [0.25, 0.3) is 11.1 Å². The Hall–Kier alpha value is -2.09. The van der Waals surface area contributed by atoms with Crippen LogP contribution in [0.4, 0.5) is 0 Å². The number of aromatic hydroxyl groups is 1. The monoisotopic (exact) mass is 280 g/mol. The first kappa shape index (κ1) is 13.9. The summed E-state index contributed by atoms with van der Waals surface area (Å²) in [4.78, 5) is 10.9. The largest absolute Gasteiger partial charge is 0.508 e. The topological polar surface area (TPSA) is 37.3 Å². The zero-order chi connectivity index (χ0) is 14.7. The van der Waals surface area contributed by atoms with Crippen LogP contribution in [0.3, 0.4) is 0 Å². The Balaban J connectivity index is 1.97. The highest BCUT2D eigenvalue weighted by Gasteiger charge is 2.19. The fourth-order valence-electron chi connectivity index (χ4n) is 3.27. The van der Waals surface area contributed by atoms with E-state index in [9.17, 15) is 9.90 Å². The van der Waals surface area contributed by atoms with Gasteiger partial charge in [-0.2, -0.15) is 0 Å². The molecular formula is C19H20O2. The fourth-order valence-corrected chi connectivity index (χ4v) is 3.27. The maximum atomic E-state index is 10.9. The second-order valence-electron chi connectivity index (χ2n) is 5.85. The molecule has 2 aromatic carbocycles. The molecule has 0 unspecified atom stereocenters. The molecule has 0 atom stereocenters. The maximum absolute atomic E-state index is 10.9. The summed E-state index contributed by atoms with van der Waals surface area (Å²) < 4.78 is 0. The molecule has 0 saturated heterocycles. The van der Waals surface area contributed by atoms with Crippen molar-refractivity contribution in [1.82, 2.24) is 0 Å². The number of phenolic OH excluding ortho intramolecular Hbond substituents is 1. The van der Waals surface area contributed by atoms with Crippen LogP contribution >= 0.6 is 0 Å². The van der Waals surface area contributed by atoms with Crippen LogP contribution in [-0.4, -0.2) is 11.4 Å². The lowest BCUT2D eigenvalue weighted by molar-refractivity contribution is 0.112. The number of phenols is 1. The third-order valence-electron chi connectivity index (χ3n) is 4.43. The van der Waals surface area contributed by atoms with Crippen LogP contribution in [-0.2, 0) is 0 Å². The van der Waals surface area contributed by atoms with Gasteiger partial charge in [0.15, 0.2) is 0 Å². The van der Waals surface area contributed by atoms with E-state index in [2.05, 4.69) is 6.07 Å². The highest BCUT2D eigenvalue weighted by Crippen LogP contribution is 2.39. The van der Waals surface area contributed by atoms with Gasteiger partial charge >= 0.3 is 0 Å². The van der Waals surface area contributed by atoms with Gasteiger partial charge in [0.1, 0.15) is 12.0 Å². The molecule has 1 fully saturated rings. The molecule has 0 radical (unpaired) electrons. The van der Waals surface area contributed by atoms with Gasteiger partial charge in [0.2, 0.25) is 0 Å². The summed E-state index contributed by atoms with van der Waals surface area (Å²) in [5, 5.41) is 10.2. The Kier molecular flexibility index (Phi) is 4.05. The SMILES string of the molecule is O=Cc1cccc(-c2ccc(O)c(C3CCCCC3)c2)c1. The fraction of sp³-hybridized carbons (Fsp3) is 0.316. The molecule has 0 bridgehead atoms. The standard InChI is InChI=1S/C19H20O2/c20-13-14-5-4-8-16(11-14)17-9-10-19(21)18(12-17)15-6-2-1-3-7-15/h4-5,8-13,15,21H,1-3,6-7H2. The number of hydrogen-bond donors (Lipinski definition) is 1. The molecule has 0 spiro atoms. The van der Waals surface area contributed by atoms with Crippen LogP contribution in [0.5, 0.6) is 5.75 Å². The molecule has 1 saturated carbocycles. The van der Waals surface area contributed by atoms with E-state index in [-0.39, 0.29) is 0 Å². The third-order valence-corrected chi connectivity index (χ3v) is 4.43. The Labute approximate surface area is 125 Å². The summed E-state index contributed by atoms with van der Waals surface area (Å²) >= 11 is 0. The van der Waals surface area contributed by atoms with E-state index >= 15 is 0 Å². The second kappa shape index (κ2) is 6.13. The van der Waals surface area contributed by atoms with Gasteiger partial charge in [0.25, 0.3) is 0 Å². The number of aldehydes is 1. The van der Waals surface area contributed by atoms with Crippen LogP contribution in [0.1, 0.15) is 53.9 Å². The maximum Gasteiger partial charge on any atom is 0.150 e. The second-order valence-corrected chi connectivity index (χ2v) is 5.85. The van der Waals surface area contributed by atoms with Crippen molar-refractivity contribution in [3.8, 4) is 16.9 Å². The molecule has 2 nitrogen and oxygen atoms in total. The van der Waals surface area contributed by atoms with E-state index in [1.165, 1.54) is 19.3 Å². The average Bonchev–Trinajstić information content (AvgIpc) is 2.56. The van der Waals surface area contributed by atoms with Crippen molar-refractivity contribution in [3.63, 3.8) is 0 Å². The van der Waals surface area contributed by atoms with Gasteiger partial charge in [-0.25, -0.2) is 0 Å². The minimum atomic E-state index is 0.400. The van der Waals surface area contributed by atoms with Crippen LogP contribution in [0.15, 0.2) is 42.5 Å². The van der Waals surface area contributed by atoms with Crippen LogP contribution in [0, 0.1) is 0 Å².